The van der Waals surface area contributed by atoms with Crippen LogP contribution in [0.1, 0.15) is 29.4 Å². The third kappa shape index (κ3) is 5.33. The highest BCUT2D eigenvalue weighted by Crippen LogP contribution is 2.34. The first-order valence-electron chi connectivity index (χ1n) is 10.6. The average Bonchev–Trinajstić information content (AvgIpc) is 3.47. The van der Waals surface area contributed by atoms with Crippen LogP contribution in [0.25, 0.3) is 11.3 Å². The molecule has 1 amide bonds. The first-order chi connectivity index (χ1) is 16.3. The molecule has 34 heavy (non-hydrogen) atoms. The molecule has 0 radical (unpaired) electrons. The lowest BCUT2D eigenvalue weighted by Crippen LogP contribution is -2.43. The van der Waals surface area contributed by atoms with Gasteiger partial charge in [0, 0.05) is 18.7 Å². The Kier molecular flexibility index (Phi) is 7.68. The van der Waals surface area contributed by atoms with Crippen LogP contribution in [-0.4, -0.2) is 49.3 Å². The van der Waals surface area contributed by atoms with Crippen LogP contribution in [0.5, 0.6) is 0 Å². The molecule has 3 aromatic rings. The van der Waals surface area contributed by atoms with Crippen molar-refractivity contribution in [2.75, 3.05) is 25.0 Å². The summed E-state index contributed by atoms with van der Waals surface area (Å²) in [5, 5.41) is 3.04. The number of esters is 1. The summed E-state index contributed by atoms with van der Waals surface area (Å²) in [4.78, 5) is 30.3. The lowest BCUT2D eigenvalue weighted by molar-refractivity contribution is -0.120. The number of anilines is 1. The number of thiophene rings is 1. The number of hydrogen-bond donors (Lipinski definition) is 1. The van der Waals surface area contributed by atoms with Crippen LogP contribution < -0.4 is 5.32 Å². The summed E-state index contributed by atoms with van der Waals surface area (Å²) < 4.78 is 32.9. The Morgan fingerprint density at radius 1 is 1.21 bits per heavy atom. The molecule has 0 aliphatic carbocycles. The Morgan fingerprint density at radius 2 is 1.97 bits per heavy atom. The second-order valence-corrected chi connectivity index (χ2v) is 12.4. The van der Waals surface area contributed by atoms with E-state index in [1.165, 1.54) is 10.4 Å². The number of ether oxygens (including phenoxy) is 1. The van der Waals surface area contributed by atoms with Gasteiger partial charge in [-0.1, -0.05) is 53.3 Å². The highest BCUT2D eigenvalue weighted by Gasteiger charge is 2.34. The van der Waals surface area contributed by atoms with Crippen LogP contribution in [0.3, 0.4) is 0 Å². The minimum Gasteiger partial charge on any atom is -0.462 e. The Balaban J connectivity index is 1.52. The second kappa shape index (κ2) is 10.5. The number of rotatable bonds is 7. The van der Waals surface area contributed by atoms with Gasteiger partial charge in [-0.15, -0.1) is 11.3 Å². The fourth-order valence-corrected chi connectivity index (χ4v) is 7.69. The number of hydrogen-bond acceptors (Lipinski definition) is 8. The van der Waals surface area contributed by atoms with Crippen molar-refractivity contribution in [1.29, 1.82) is 0 Å². The number of piperidine rings is 1. The molecule has 1 saturated heterocycles. The van der Waals surface area contributed by atoms with E-state index >= 15 is 0 Å². The van der Waals surface area contributed by atoms with Crippen molar-refractivity contribution in [3.8, 4) is 11.3 Å². The average molecular weight is 540 g/mol. The summed E-state index contributed by atoms with van der Waals surface area (Å²) in [6, 6.07) is 12.2. The zero-order chi connectivity index (χ0) is 24.3. The molecule has 0 saturated carbocycles. The quantitative estimate of drug-likeness (QED) is 0.435. The van der Waals surface area contributed by atoms with Gasteiger partial charge >= 0.3 is 5.97 Å². The lowest BCUT2D eigenvalue weighted by atomic mass is 9.99. The van der Waals surface area contributed by atoms with Crippen molar-refractivity contribution in [3.63, 3.8) is 0 Å². The van der Waals surface area contributed by atoms with Crippen LogP contribution in [-0.2, 0) is 19.6 Å². The standard InChI is InChI=1S/C22H22ClN3O5S3/c1-2-31-21(28)19-18(14-7-4-3-5-8-14)24-22(33-19)25-20(27)15-9-6-12-26(13-15)34(29,30)17-11-10-16(23)32-17/h3-5,7-8,10-11,15H,2,6,9,12-13H2,1H3,(H,24,25,27). The smallest absolute Gasteiger partial charge is 0.350 e. The zero-order valence-electron chi connectivity index (χ0n) is 18.2. The number of carbonyl (C=O) groups is 2. The van der Waals surface area contributed by atoms with Crippen molar-refractivity contribution in [2.24, 2.45) is 5.92 Å². The maximum absolute atomic E-state index is 13.0. The normalized spacial score (nSPS) is 16.8. The third-order valence-electron chi connectivity index (χ3n) is 5.26. The van der Waals surface area contributed by atoms with Gasteiger partial charge in [0.1, 0.15) is 9.09 Å². The molecule has 8 nitrogen and oxygen atoms in total. The maximum atomic E-state index is 13.0. The number of nitrogens with zero attached hydrogens (tertiary/aromatic N) is 2. The predicted molar refractivity (Wildman–Crippen MR) is 133 cm³/mol. The molecule has 1 atom stereocenters. The molecule has 1 aliphatic rings. The number of amides is 1. The summed E-state index contributed by atoms with van der Waals surface area (Å²) in [6.07, 6.45) is 1.10. The Labute approximate surface area is 210 Å². The number of carbonyl (C=O) groups excluding carboxylic acids is 2. The van der Waals surface area contributed by atoms with E-state index in [1.807, 2.05) is 30.3 Å². The number of benzene rings is 1. The van der Waals surface area contributed by atoms with Gasteiger partial charge in [0.25, 0.3) is 10.0 Å². The van der Waals surface area contributed by atoms with Gasteiger partial charge in [0.15, 0.2) is 5.13 Å². The largest absolute Gasteiger partial charge is 0.462 e. The monoisotopic (exact) mass is 539 g/mol. The molecule has 12 heteroatoms. The van der Waals surface area contributed by atoms with Crippen LogP contribution in [0.2, 0.25) is 4.34 Å². The summed E-state index contributed by atoms with van der Waals surface area (Å²) in [5.74, 6) is -1.40. The van der Waals surface area contributed by atoms with Gasteiger partial charge in [-0.3, -0.25) is 4.79 Å². The Hall–Kier alpha value is -2.31. The number of thiazole rings is 1. The van der Waals surface area contributed by atoms with Crippen molar-refractivity contribution >= 4 is 61.3 Å². The molecule has 180 valence electrons. The number of nitrogens with one attached hydrogen (secondary N) is 1. The summed E-state index contributed by atoms with van der Waals surface area (Å²) in [7, 11) is -3.72. The van der Waals surface area contributed by atoms with Crippen molar-refractivity contribution < 1.29 is 22.7 Å². The number of halogens is 1. The van der Waals surface area contributed by atoms with Crippen LogP contribution in [0, 0.1) is 5.92 Å². The van der Waals surface area contributed by atoms with Gasteiger partial charge in [-0.05, 0) is 31.9 Å². The highest BCUT2D eigenvalue weighted by atomic mass is 35.5. The third-order valence-corrected chi connectivity index (χ3v) is 9.78. The molecule has 1 fully saturated rings. The molecule has 0 spiro atoms. The van der Waals surface area contributed by atoms with E-state index in [1.54, 1.807) is 13.0 Å². The van der Waals surface area contributed by atoms with Gasteiger partial charge in [-0.25, -0.2) is 18.2 Å². The molecule has 1 aliphatic heterocycles. The van der Waals surface area contributed by atoms with E-state index in [2.05, 4.69) is 10.3 Å². The fraction of sp³-hybridized carbons (Fsp3) is 0.318. The van der Waals surface area contributed by atoms with Gasteiger partial charge in [0.05, 0.1) is 22.6 Å². The minimum absolute atomic E-state index is 0.0609. The SMILES string of the molecule is CCOC(=O)c1sc(NC(=O)C2CCCN(S(=O)(=O)c3ccc(Cl)s3)C2)nc1-c1ccccc1. The predicted octanol–water partition coefficient (Wildman–Crippen LogP) is 4.74. The molecule has 0 bridgehead atoms. The zero-order valence-corrected chi connectivity index (χ0v) is 21.4. The van der Waals surface area contributed by atoms with Gasteiger partial charge < -0.3 is 10.1 Å². The summed E-state index contributed by atoms with van der Waals surface area (Å²) >= 11 is 7.94. The first-order valence-corrected chi connectivity index (χ1v) is 14.0. The van der Waals surface area contributed by atoms with Gasteiger partial charge in [0.2, 0.25) is 5.91 Å². The van der Waals surface area contributed by atoms with E-state index in [4.69, 9.17) is 16.3 Å². The Morgan fingerprint density at radius 3 is 2.65 bits per heavy atom. The van der Waals surface area contributed by atoms with Crippen LogP contribution in [0.4, 0.5) is 5.13 Å². The topological polar surface area (TPSA) is 106 Å². The summed E-state index contributed by atoms with van der Waals surface area (Å²) in [5.41, 5.74) is 1.16. The first kappa shape index (κ1) is 24.8. The highest BCUT2D eigenvalue weighted by molar-refractivity contribution is 7.91. The van der Waals surface area contributed by atoms with Crippen molar-refractivity contribution in [1.82, 2.24) is 9.29 Å². The van der Waals surface area contributed by atoms with E-state index in [9.17, 15) is 18.0 Å². The number of sulfonamides is 1. The second-order valence-electron chi connectivity index (χ2n) is 7.53. The van der Waals surface area contributed by atoms with Crippen LogP contribution in [0.15, 0.2) is 46.7 Å². The van der Waals surface area contributed by atoms with Crippen molar-refractivity contribution in [2.45, 2.75) is 24.0 Å². The molecule has 1 N–H and O–H groups in total. The van der Waals surface area contributed by atoms with Crippen molar-refractivity contribution in [3.05, 3.63) is 51.7 Å². The Bertz CT molecular complexity index is 1290. The maximum Gasteiger partial charge on any atom is 0.350 e. The lowest BCUT2D eigenvalue weighted by Gasteiger charge is -2.30. The molecule has 4 rings (SSSR count). The molecular formula is C22H22ClN3O5S3. The molecule has 1 unspecified atom stereocenters. The molecule has 3 heterocycles. The molecule has 1 aromatic carbocycles. The minimum atomic E-state index is -3.72. The molecular weight excluding hydrogens is 518 g/mol. The van der Waals surface area contributed by atoms with E-state index < -0.39 is 21.9 Å². The van der Waals surface area contributed by atoms with Crippen LogP contribution >= 0.6 is 34.3 Å². The summed E-state index contributed by atoms with van der Waals surface area (Å²) in [6.45, 7) is 2.33. The van der Waals surface area contributed by atoms with E-state index in [0.717, 1.165) is 28.2 Å². The molecule has 2 aromatic heterocycles. The fourth-order valence-electron chi connectivity index (χ4n) is 3.65. The van der Waals surface area contributed by atoms with Gasteiger partial charge in [-0.2, -0.15) is 4.31 Å². The number of aromatic nitrogens is 1. The van der Waals surface area contributed by atoms with E-state index in [-0.39, 0.29) is 28.4 Å². The van der Waals surface area contributed by atoms with E-state index in [0.29, 0.717) is 34.3 Å².